The standard InChI is InChI=1S/C12H24N4O4S/c13-21(18,19)15-7-10-2-1-4-16(8-10)12(17)6-11-9-20-5-3-14-11/h10-11,14-15H,1-9H2,(H2,13,18,19). The SMILES string of the molecule is NS(=O)(=O)NCC1CCCN(C(=O)CC2COCCN2)C1. The minimum atomic E-state index is -3.66. The number of nitrogens with one attached hydrogen (secondary N) is 2. The molecule has 2 unspecified atom stereocenters. The maximum atomic E-state index is 12.3. The van der Waals surface area contributed by atoms with Crippen molar-refractivity contribution < 1.29 is 17.9 Å². The zero-order valence-corrected chi connectivity index (χ0v) is 12.9. The van der Waals surface area contributed by atoms with E-state index in [0.29, 0.717) is 26.2 Å². The molecule has 0 aromatic carbocycles. The van der Waals surface area contributed by atoms with E-state index < -0.39 is 10.2 Å². The first-order valence-electron chi connectivity index (χ1n) is 7.30. The van der Waals surface area contributed by atoms with Crippen LogP contribution in [0.2, 0.25) is 0 Å². The van der Waals surface area contributed by atoms with E-state index in [2.05, 4.69) is 10.0 Å². The molecule has 21 heavy (non-hydrogen) atoms. The molecule has 2 aliphatic heterocycles. The molecule has 0 aliphatic carbocycles. The Morgan fingerprint density at radius 2 is 2.29 bits per heavy atom. The summed E-state index contributed by atoms with van der Waals surface area (Å²) in [5.41, 5.74) is 0. The van der Waals surface area contributed by atoms with Crippen LogP contribution in [0.1, 0.15) is 19.3 Å². The monoisotopic (exact) mass is 320 g/mol. The molecule has 122 valence electrons. The van der Waals surface area contributed by atoms with Crippen LogP contribution in [0.5, 0.6) is 0 Å². The maximum absolute atomic E-state index is 12.3. The Bertz CT molecular complexity index is 450. The lowest BCUT2D eigenvalue weighted by molar-refractivity contribution is -0.134. The Kier molecular flexibility index (Phi) is 5.94. The molecule has 2 heterocycles. The number of rotatable bonds is 5. The summed E-state index contributed by atoms with van der Waals surface area (Å²) in [5.74, 6) is 0.217. The number of piperidine rings is 1. The highest BCUT2D eigenvalue weighted by Gasteiger charge is 2.26. The number of nitrogens with two attached hydrogens (primary N) is 1. The third-order valence-electron chi connectivity index (χ3n) is 3.86. The molecule has 0 spiro atoms. The summed E-state index contributed by atoms with van der Waals surface area (Å²) in [6.07, 6.45) is 2.21. The largest absolute Gasteiger partial charge is 0.378 e. The quantitative estimate of drug-likeness (QED) is 0.564. The van der Waals surface area contributed by atoms with Gasteiger partial charge in [-0.05, 0) is 18.8 Å². The molecule has 8 nitrogen and oxygen atoms in total. The molecule has 9 heteroatoms. The van der Waals surface area contributed by atoms with Crippen molar-refractivity contribution in [1.29, 1.82) is 0 Å². The van der Waals surface area contributed by atoms with Crippen molar-refractivity contribution in [2.24, 2.45) is 11.1 Å². The maximum Gasteiger partial charge on any atom is 0.274 e. The summed E-state index contributed by atoms with van der Waals surface area (Å²) in [6.45, 7) is 3.63. The van der Waals surface area contributed by atoms with Crippen LogP contribution in [0.25, 0.3) is 0 Å². The van der Waals surface area contributed by atoms with E-state index >= 15 is 0 Å². The lowest BCUT2D eigenvalue weighted by Crippen LogP contribution is -2.48. The lowest BCUT2D eigenvalue weighted by atomic mass is 9.97. The molecule has 2 fully saturated rings. The van der Waals surface area contributed by atoms with E-state index in [1.54, 1.807) is 0 Å². The minimum absolute atomic E-state index is 0.0779. The smallest absolute Gasteiger partial charge is 0.274 e. The van der Waals surface area contributed by atoms with Gasteiger partial charge in [0, 0.05) is 38.6 Å². The van der Waals surface area contributed by atoms with Crippen molar-refractivity contribution in [2.75, 3.05) is 39.4 Å². The molecular formula is C12H24N4O4S. The number of morpholine rings is 1. The highest BCUT2D eigenvalue weighted by Crippen LogP contribution is 2.17. The van der Waals surface area contributed by atoms with Crippen LogP contribution in [-0.4, -0.2) is 64.7 Å². The van der Waals surface area contributed by atoms with E-state index in [1.807, 2.05) is 4.90 Å². The molecule has 0 radical (unpaired) electrons. The predicted molar refractivity (Wildman–Crippen MR) is 77.6 cm³/mol. The predicted octanol–water partition coefficient (Wildman–Crippen LogP) is -1.60. The number of ether oxygens (including phenoxy) is 1. The zero-order valence-electron chi connectivity index (χ0n) is 12.1. The van der Waals surface area contributed by atoms with Crippen molar-refractivity contribution in [1.82, 2.24) is 14.9 Å². The van der Waals surface area contributed by atoms with Crippen LogP contribution in [0.15, 0.2) is 0 Å². The number of nitrogens with zero attached hydrogens (tertiary/aromatic N) is 1. The number of hydrogen-bond acceptors (Lipinski definition) is 5. The Morgan fingerprint density at radius 3 is 2.95 bits per heavy atom. The van der Waals surface area contributed by atoms with Crippen LogP contribution in [0, 0.1) is 5.92 Å². The van der Waals surface area contributed by atoms with Gasteiger partial charge in [0.15, 0.2) is 0 Å². The summed E-state index contributed by atoms with van der Waals surface area (Å²) in [5, 5.41) is 8.19. The van der Waals surface area contributed by atoms with Crippen LogP contribution in [-0.2, 0) is 19.7 Å². The van der Waals surface area contributed by atoms with E-state index in [0.717, 1.165) is 25.9 Å². The van der Waals surface area contributed by atoms with Crippen molar-refractivity contribution >= 4 is 16.1 Å². The average molecular weight is 320 g/mol. The highest BCUT2D eigenvalue weighted by molar-refractivity contribution is 7.87. The lowest BCUT2D eigenvalue weighted by Gasteiger charge is -2.34. The van der Waals surface area contributed by atoms with E-state index in [4.69, 9.17) is 9.88 Å². The topological polar surface area (TPSA) is 114 Å². The number of carbonyl (C=O) groups excluding carboxylic acids is 1. The van der Waals surface area contributed by atoms with Gasteiger partial charge in [-0.2, -0.15) is 8.42 Å². The first-order valence-corrected chi connectivity index (χ1v) is 8.85. The molecule has 0 saturated carbocycles. The Morgan fingerprint density at radius 1 is 1.48 bits per heavy atom. The van der Waals surface area contributed by atoms with Gasteiger partial charge in [-0.3, -0.25) is 4.79 Å². The molecule has 4 N–H and O–H groups in total. The average Bonchev–Trinajstić information content (AvgIpc) is 2.46. The molecular weight excluding hydrogens is 296 g/mol. The van der Waals surface area contributed by atoms with E-state index in [-0.39, 0.29) is 24.4 Å². The van der Waals surface area contributed by atoms with Gasteiger partial charge in [0.2, 0.25) is 5.91 Å². The summed E-state index contributed by atoms with van der Waals surface area (Å²) in [7, 11) is -3.66. The Balaban J connectivity index is 1.78. The molecule has 2 rings (SSSR count). The summed E-state index contributed by atoms with van der Waals surface area (Å²) in [4.78, 5) is 14.1. The van der Waals surface area contributed by atoms with Crippen LogP contribution in [0.4, 0.5) is 0 Å². The van der Waals surface area contributed by atoms with Crippen LogP contribution < -0.4 is 15.2 Å². The number of carbonyl (C=O) groups is 1. The summed E-state index contributed by atoms with van der Waals surface area (Å²) in [6, 6.07) is 0.0779. The number of likely N-dealkylation sites (tertiary alicyclic amines) is 1. The third-order valence-corrected chi connectivity index (χ3v) is 4.43. The Labute approximate surface area is 125 Å². The van der Waals surface area contributed by atoms with Gasteiger partial charge in [0.1, 0.15) is 0 Å². The fourth-order valence-electron chi connectivity index (χ4n) is 2.78. The molecule has 2 saturated heterocycles. The van der Waals surface area contributed by atoms with Crippen molar-refractivity contribution in [3.63, 3.8) is 0 Å². The first-order chi connectivity index (χ1) is 9.94. The van der Waals surface area contributed by atoms with Crippen LogP contribution in [0.3, 0.4) is 0 Å². The van der Waals surface area contributed by atoms with Gasteiger partial charge in [-0.25, -0.2) is 9.86 Å². The van der Waals surface area contributed by atoms with Crippen molar-refractivity contribution in [3.05, 3.63) is 0 Å². The van der Waals surface area contributed by atoms with Crippen LogP contribution >= 0.6 is 0 Å². The molecule has 0 aromatic heterocycles. The number of amides is 1. The minimum Gasteiger partial charge on any atom is -0.378 e. The van der Waals surface area contributed by atoms with E-state index in [1.165, 1.54) is 0 Å². The zero-order chi connectivity index (χ0) is 15.3. The second-order valence-corrected chi connectivity index (χ2v) is 7.05. The van der Waals surface area contributed by atoms with E-state index in [9.17, 15) is 13.2 Å². The first kappa shape index (κ1) is 16.6. The second-order valence-electron chi connectivity index (χ2n) is 5.67. The highest BCUT2D eigenvalue weighted by atomic mass is 32.2. The third kappa shape index (κ3) is 5.87. The molecule has 0 aromatic rings. The summed E-state index contributed by atoms with van der Waals surface area (Å²) < 4.78 is 29.5. The fraction of sp³-hybridized carbons (Fsp3) is 0.917. The molecule has 0 bridgehead atoms. The normalized spacial score (nSPS) is 27.6. The number of hydrogen-bond donors (Lipinski definition) is 3. The van der Waals surface area contributed by atoms with Gasteiger partial charge >= 0.3 is 0 Å². The van der Waals surface area contributed by atoms with Gasteiger partial charge in [0.05, 0.1) is 13.2 Å². The van der Waals surface area contributed by atoms with Gasteiger partial charge in [-0.15, -0.1) is 0 Å². The van der Waals surface area contributed by atoms with Gasteiger partial charge in [-0.1, -0.05) is 0 Å². The Hall–Kier alpha value is -0.740. The molecule has 2 atom stereocenters. The summed E-state index contributed by atoms with van der Waals surface area (Å²) >= 11 is 0. The van der Waals surface area contributed by atoms with Gasteiger partial charge < -0.3 is 15.0 Å². The van der Waals surface area contributed by atoms with Crippen molar-refractivity contribution in [3.8, 4) is 0 Å². The van der Waals surface area contributed by atoms with Gasteiger partial charge in [0.25, 0.3) is 10.2 Å². The van der Waals surface area contributed by atoms with Crippen molar-refractivity contribution in [2.45, 2.75) is 25.3 Å². The molecule has 2 aliphatic rings. The fourth-order valence-corrected chi connectivity index (χ4v) is 3.25. The second kappa shape index (κ2) is 7.50. The molecule has 1 amide bonds.